The Hall–Kier alpha value is -3.14. The first-order valence-corrected chi connectivity index (χ1v) is 10.7. The zero-order chi connectivity index (χ0) is 22.9. The molecule has 162 valence electrons. The van der Waals surface area contributed by atoms with Gasteiger partial charge in [0.1, 0.15) is 5.65 Å². The largest absolute Gasteiger partial charge is 0.416 e. The minimum absolute atomic E-state index is 0.0896. The normalized spacial score (nSPS) is 11.9. The predicted molar refractivity (Wildman–Crippen MR) is 128 cm³/mol. The molecule has 0 aliphatic heterocycles. The number of H-pyrrole nitrogens is 1. The summed E-state index contributed by atoms with van der Waals surface area (Å²) in [7, 11) is 0. The number of halogens is 4. The number of hydrogen-bond donors (Lipinski definition) is 2. The molecule has 2 N–H and O–H groups in total. The van der Waals surface area contributed by atoms with Crippen molar-refractivity contribution in [2.24, 2.45) is 0 Å². The molecule has 8 heteroatoms. The minimum atomic E-state index is -4.47. The van der Waals surface area contributed by atoms with Crippen LogP contribution >= 0.6 is 22.6 Å². The highest BCUT2D eigenvalue weighted by Crippen LogP contribution is 2.33. The van der Waals surface area contributed by atoms with Crippen molar-refractivity contribution in [3.8, 4) is 11.1 Å². The number of aromatic nitrogens is 2. The Morgan fingerprint density at radius 2 is 1.94 bits per heavy atom. The summed E-state index contributed by atoms with van der Waals surface area (Å²) in [5, 5.41) is 3.51. The Kier molecular flexibility index (Phi) is 6.05. The summed E-state index contributed by atoms with van der Waals surface area (Å²) in [6.07, 6.45) is 2.11. The molecule has 2 heterocycles. The smallest absolute Gasteiger partial charge is 0.345 e. The van der Waals surface area contributed by atoms with E-state index in [0.29, 0.717) is 0 Å². The molecule has 0 unspecified atom stereocenters. The van der Waals surface area contributed by atoms with Crippen LogP contribution in [0.3, 0.4) is 0 Å². The van der Waals surface area contributed by atoms with Gasteiger partial charge in [0.15, 0.2) is 0 Å². The molecule has 0 fully saturated rings. The van der Waals surface area contributed by atoms with Crippen molar-refractivity contribution in [3.63, 3.8) is 0 Å². The Morgan fingerprint density at radius 3 is 2.72 bits per heavy atom. The summed E-state index contributed by atoms with van der Waals surface area (Å²) in [4.78, 5) is 19.8. The maximum absolute atomic E-state index is 13.1. The van der Waals surface area contributed by atoms with Gasteiger partial charge in [0.05, 0.1) is 5.56 Å². The van der Waals surface area contributed by atoms with E-state index < -0.39 is 17.6 Å². The standard InChI is InChI=1S/C24H17F3IN3O/c1-14-5-7-18(11-20(14)24(25,26)27)31-22(32)8-6-15-3-2-4-16(9-15)17-10-19-21(28)13-30-23(19)29-12-17/h2-13H,1H3,(H,29,30)(H,31,32). The van der Waals surface area contributed by atoms with Crippen LogP contribution in [0, 0.1) is 10.5 Å². The number of alkyl halides is 3. The monoisotopic (exact) mass is 547 g/mol. The number of nitrogens with zero attached hydrogens (tertiary/aromatic N) is 1. The molecule has 1 amide bonds. The maximum Gasteiger partial charge on any atom is 0.416 e. The number of rotatable bonds is 4. The first-order chi connectivity index (χ1) is 15.2. The van der Waals surface area contributed by atoms with Crippen LogP contribution in [0.1, 0.15) is 16.7 Å². The van der Waals surface area contributed by atoms with Crippen molar-refractivity contribution in [2.45, 2.75) is 13.1 Å². The number of aromatic amines is 1. The quantitative estimate of drug-likeness (QED) is 0.218. The van der Waals surface area contributed by atoms with Crippen LogP contribution < -0.4 is 5.32 Å². The fourth-order valence-corrected chi connectivity index (χ4v) is 3.88. The lowest BCUT2D eigenvalue weighted by molar-refractivity contribution is -0.138. The van der Waals surface area contributed by atoms with Crippen LogP contribution in [0.15, 0.2) is 67.0 Å². The molecule has 0 radical (unpaired) electrons. The van der Waals surface area contributed by atoms with E-state index in [2.05, 4.69) is 37.9 Å². The highest BCUT2D eigenvalue weighted by atomic mass is 127. The Balaban J connectivity index is 1.51. The van der Waals surface area contributed by atoms with Gasteiger partial charge in [-0.2, -0.15) is 13.2 Å². The summed E-state index contributed by atoms with van der Waals surface area (Å²) in [6, 6.07) is 13.3. The summed E-state index contributed by atoms with van der Waals surface area (Å²) >= 11 is 2.24. The number of pyridine rings is 1. The fourth-order valence-electron chi connectivity index (χ4n) is 3.31. The lowest BCUT2D eigenvalue weighted by Gasteiger charge is -2.12. The zero-order valence-electron chi connectivity index (χ0n) is 16.8. The number of hydrogen-bond acceptors (Lipinski definition) is 2. The fraction of sp³-hybridized carbons (Fsp3) is 0.0833. The molecule has 32 heavy (non-hydrogen) atoms. The lowest BCUT2D eigenvalue weighted by Crippen LogP contribution is -2.11. The van der Waals surface area contributed by atoms with Crippen LogP contribution in [0.2, 0.25) is 0 Å². The molecule has 0 saturated heterocycles. The van der Waals surface area contributed by atoms with Crippen molar-refractivity contribution in [2.75, 3.05) is 5.32 Å². The van der Waals surface area contributed by atoms with Gasteiger partial charge in [-0.15, -0.1) is 0 Å². The van der Waals surface area contributed by atoms with Gasteiger partial charge in [0.25, 0.3) is 0 Å². The second-order valence-electron chi connectivity index (χ2n) is 7.23. The third-order valence-corrected chi connectivity index (χ3v) is 5.83. The number of fused-ring (bicyclic) bond motifs is 1. The second kappa shape index (κ2) is 8.78. The minimum Gasteiger partial charge on any atom is -0.345 e. The molecule has 0 aliphatic carbocycles. The van der Waals surface area contributed by atoms with E-state index >= 15 is 0 Å². The van der Waals surface area contributed by atoms with Crippen LogP contribution in [0.25, 0.3) is 28.2 Å². The van der Waals surface area contributed by atoms with Crippen LogP contribution in [-0.4, -0.2) is 15.9 Å². The Morgan fingerprint density at radius 1 is 1.12 bits per heavy atom. The number of benzene rings is 2. The molecule has 4 rings (SSSR count). The average molecular weight is 547 g/mol. The SMILES string of the molecule is Cc1ccc(NC(=O)C=Cc2cccc(-c3cnc4[nH]cc(I)c4c3)c2)cc1C(F)(F)F. The molecular formula is C24H17F3IN3O. The van der Waals surface area contributed by atoms with E-state index in [1.165, 1.54) is 25.1 Å². The van der Waals surface area contributed by atoms with E-state index in [1.807, 2.05) is 36.5 Å². The molecule has 0 spiro atoms. The summed E-state index contributed by atoms with van der Waals surface area (Å²) in [5.41, 5.74) is 2.89. The lowest BCUT2D eigenvalue weighted by atomic mass is 10.0. The first-order valence-electron chi connectivity index (χ1n) is 9.61. The van der Waals surface area contributed by atoms with Gasteiger partial charge in [0, 0.05) is 38.7 Å². The van der Waals surface area contributed by atoms with Gasteiger partial charge in [-0.05, 0) is 76.5 Å². The number of carbonyl (C=O) groups is 1. The van der Waals surface area contributed by atoms with E-state index in [-0.39, 0.29) is 11.3 Å². The highest BCUT2D eigenvalue weighted by Gasteiger charge is 2.32. The number of anilines is 1. The van der Waals surface area contributed by atoms with Gasteiger partial charge in [-0.25, -0.2) is 4.98 Å². The van der Waals surface area contributed by atoms with Crippen molar-refractivity contribution < 1.29 is 18.0 Å². The van der Waals surface area contributed by atoms with Crippen LogP contribution in [0.4, 0.5) is 18.9 Å². The third kappa shape index (κ3) is 4.85. The van der Waals surface area contributed by atoms with E-state index in [9.17, 15) is 18.0 Å². The maximum atomic E-state index is 13.1. The topological polar surface area (TPSA) is 57.8 Å². The average Bonchev–Trinajstić information content (AvgIpc) is 3.13. The third-order valence-electron chi connectivity index (χ3n) is 4.94. The first kappa shape index (κ1) is 22.1. The molecule has 0 aliphatic rings. The molecule has 0 atom stereocenters. The molecule has 4 aromatic rings. The van der Waals surface area contributed by atoms with Gasteiger partial charge in [-0.3, -0.25) is 4.79 Å². The van der Waals surface area contributed by atoms with Crippen molar-refractivity contribution in [3.05, 3.63) is 87.3 Å². The van der Waals surface area contributed by atoms with Gasteiger partial charge < -0.3 is 10.3 Å². The second-order valence-corrected chi connectivity index (χ2v) is 8.39. The van der Waals surface area contributed by atoms with E-state index in [4.69, 9.17) is 0 Å². The number of aryl methyl sites for hydroxylation is 1. The van der Waals surface area contributed by atoms with Crippen molar-refractivity contribution in [1.29, 1.82) is 0 Å². The molecule has 2 aromatic heterocycles. The van der Waals surface area contributed by atoms with Gasteiger partial charge in [-0.1, -0.05) is 24.3 Å². The molecule has 4 nitrogen and oxygen atoms in total. The Bertz CT molecular complexity index is 1340. The summed E-state index contributed by atoms with van der Waals surface area (Å²) in [6.45, 7) is 1.38. The predicted octanol–water partition coefficient (Wildman–Crippen LogP) is 6.81. The van der Waals surface area contributed by atoms with Crippen molar-refractivity contribution >= 4 is 51.3 Å². The molecule has 2 aromatic carbocycles. The number of amides is 1. The molecular weight excluding hydrogens is 530 g/mol. The van der Waals surface area contributed by atoms with E-state index in [0.717, 1.165) is 37.4 Å². The van der Waals surface area contributed by atoms with E-state index in [1.54, 1.807) is 12.3 Å². The summed E-state index contributed by atoms with van der Waals surface area (Å²) < 4.78 is 40.3. The van der Waals surface area contributed by atoms with Crippen LogP contribution in [-0.2, 0) is 11.0 Å². The molecule has 0 bridgehead atoms. The zero-order valence-corrected chi connectivity index (χ0v) is 19.0. The number of carbonyl (C=O) groups excluding carboxylic acids is 1. The van der Waals surface area contributed by atoms with Gasteiger partial charge in [0.2, 0.25) is 5.91 Å². The molecule has 0 saturated carbocycles. The summed E-state index contributed by atoms with van der Waals surface area (Å²) in [5.74, 6) is -0.516. The Labute approximate surface area is 195 Å². The highest BCUT2D eigenvalue weighted by molar-refractivity contribution is 14.1. The van der Waals surface area contributed by atoms with Gasteiger partial charge >= 0.3 is 6.18 Å². The number of nitrogens with one attached hydrogen (secondary N) is 2. The van der Waals surface area contributed by atoms with Crippen LogP contribution in [0.5, 0.6) is 0 Å². The van der Waals surface area contributed by atoms with Crippen molar-refractivity contribution in [1.82, 2.24) is 9.97 Å².